The fourth-order valence-corrected chi connectivity index (χ4v) is 4.43. The number of pyridine rings is 2. The Morgan fingerprint density at radius 2 is 1.23 bits per heavy atom. The first kappa shape index (κ1) is 28.7. The molecule has 0 bridgehead atoms. The van der Waals surface area contributed by atoms with Gasteiger partial charge in [0.1, 0.15) is 11.6 Å². The lowest BCUT2D eigenvalue weighted by molar-refractivity contribution is -0.128. The molecule has 0 spiro atoms. The largest absolute Gasteiger partial charge is 0.393 e. The van der Waals surface area contributed by atoms with Crippen LogP contribution in [0.15, 0.2) is 12.1 Å². The Morgan fingerprint density at radius 1 is 0.743 bits per heavy atom. The van der Waals surface area contributed by atoms with Crippen LogP contribution >= 0.6 is 0 Å². The molecule has 0 aliphatic carbocycles. The molecule has 10 heteroatoms. The molecule has 2 aromatic heterocycles. The summed E-state index contributed by atoms with van der Waals surface area (Å²) in [5.41, 5.74) is 11.9. The lowest BCUT2D eigenvalue weighted by Crippen LogP contribution is -2.26. The van der Waals surface area contributed by atoms with Crippen LogP contribution in [0.4, 0.5) is 38.0 Å². The van der Waals surface area contributed by atoms with E-state index in [9.17, 15) is 26.3 Å². The van der Waals surface area contributed by atoms with Crippen LogP contribution in [0.2, 0.25) is 0 Å². The molecule has 0 aliphatic heterocycles. The van der Waals surface area contributed by atoms with Crippen molar-refractivity contribution < 1.29 is 26.3 Å². The molecule has 2 heterocycles. The molecule has 0 atom stereocenters. The zero-order valence-electron chi connectivity index (χ0n) is 21.0. The number of hydrogen-bond donors (Lipinski definition) is 2. The Morgan fingerprint density at radius 3 is 1.74 bits per heavy atom. The smallest absolute Gasteiger partial charge is 0.384 e. The average Bonchev–Trinajstić information content (AvgIpc) is 2.62. The summed E-state index contributed by atoms with van der Waals surface area (Å²) in [7, 11) is 0. The summed E-state index contributed by atoms with van der Waals surface area (Å²) in [6.45, 7) is 10.4. The molecule has 0 unspecified atom stereocenters. The molecule has 4 N–H and O–H groups in total. The standard InChI is InChI=1S/C25H34F6N4/c1-14-10-18(32)35-21(16(14)12-24(26,27)28)23(5,6)9-7-8-15-11-19(33)34-20(22(2,3)4)17(15)13-25(29,30)31/h10-11H,7-9,12-13H2,1-6H3,(H2,32,35)(H2,33,34). The first-order valence-corrected chi connectivity index (χ1v) is 11.4. The summed E-state index contributed by atoms with van der Waals surface area (Å²) in [5, 5.41) is 0. The normalized spacial score (nSPS) is 13.4. The molecule has 2 rings (SSSR count). The molecule has 0 aromatic carbocycles. The molecular weight excluding hydrogens is 470 g/mol. The Hall–Kier alpha value is -2.52. The summed E-state index contributed by atoms with van der Waals surface area (Å²) in [5.74, 6) is 0.261. The first-order chi connectivity index (χ1) is 15.7. The van der Waals surface area contributed by atoms with Gasteiger partial charge in [-0.1, -0.05) is 34.6 Å². The van der Waals surface area contributed by atoms with Crippen molar-refractivity contribution in [1.29, 1.82) is 0 Å². The van der Waals surface area contributed by atoms with Crippen molar-refractivity contribution in [2.24, 2.45) is 0 Å². The number of rotatable bonds is 7. The Kier molecular flexibility index (Phi) is 8.08. The van der Waals surface area contributed by atoms with Gasteiger partial charge in [0.25, 0.3) is 0 Å². The SMILES string of the molecule is Cc1cc(N)nc(C(C)(C)CCCc2cc(N)nc(C(C)(C)C)c2CC(F)(F)F)c1CC(F)(F)F. The van der Waals surface area contributed by atoms with Gasteiger partial charge in [0.2, 0.25) is 0 Å². The molecule has 2 aromatic rings. The van der Waals surface area contributed by atoms with Gasteiger partial charge >= 0.3 is 12.4 Å². The number of nitrogen functional groups attached to an aromatic ring is 2. The highest BCUT2D eigenvalue weighted by Crippen LogP contribution is 2.37. The minimum Gasteiger partial charge on any atom is -0.384 e. The maximum absolute atomic E-state index is 13.4. The Balaban J connectivity index is 2.39. The minimum atomic E-state index is -4.43. The molecule has 196 valence electrons. The van der Waals surface area contributed by atoms with Gasteiger partial charge in [-0.25, -0.2) is 9.97 Å². The van der Waals surface area contributed by atoms with Gasteiger partial charge in [0.15, 0.2) is 0 Å². The number of nitrogens with zero attached hydrogens (tertiary/aromatic N) is 2. The van der Waals surface area contributed by atoms with Crippen LogP contribution < -0.4 is 11.5 Å². The third kappa shape index (κ3) is 8.00. The Bertz CT molecular complexity index is 1050. The highest BCUT2D eigenvalue weighted by Gasteiger charge is 2.36. The zero-order chi connectivity index (χ0) is 27.0. The number of alkyl halides is 6. The van der Waals surface area contributed by atoms with E-state index < -0.39 is 36.0 Å². The number of nitrogens with two attached hydrogens (primary N) is 2. The van der Waals surface area contributed by atoms with Crippen molar-refractivity contribution in [2.45, 2.75) is 96.8 Å². The van der Waals surface area contributed by atoms with E-state index in [0.717, 1.165) is 0 Å². The van der Waals surface area contributed by atoms with Gasteiger partial charge in [0.05, 0.1) is 24.2 Å². The van der Waals surface area contributed by atoms with Crippen LogP contribution in [0.3, 0.4) is 0 Å². The quantitative estimate of drug-likeness (QED) is 0.409. The lowest BCUT2D eigenvalue weighted by atomic mass is 9.78. The van der Waals surface area contributed by atoms with Crippen LogP contribution in [-0.4, -0.2) is 22.3 Å². The van der Waals surface area contributed by atoms with Gasteiger partial charge in [0, 0.05) is 10.8 Å². The van der Waals surface area contributed by atoms with E-state index in [4.69, 9.17) is 11.5 Å². The number of aromatic nitrogens is 2. The van der Waals surface area contributed by atoms with Crippen LogP contribution in [0.5, 0.6) is 0 Å². The maximum atomic E-state index is 13.4. The van der Waals surface area contributed by atoms with E-state index in [2.05, 4.69) is 9.97 Å². The summed E-state index contributed by atoms with van der Waals surface area (Å²) < 4.78 is 80.0. The van der Waals surface area contributed by atoms with Crippen molar-refractivity contribution in [2.75, 3.05) is 11.5 Å². The van der Waals surface area contributed by atoms with Crippen molar-refractivity contribution in [3.8, 4) is 0 Å². The van der Waals surface area contributed by atoms with Gasteiger partial charge in [-0.05, 0) is 60.6 Å². The molecule has 4 nitrogen and oxygen atoms in total. The Labute approximate surface area is 202 Å². The van der Waals surface area contributed by atoms with Crippen LogP contribution in [0, 0.1) is 6.92 Å². The number of halogens is 6. The van der Waals surface area contributed by atoms with E-state index in [1.807, 2.05) is 0 Å². The second-order valence-corrected chi connectivity index (χ2v) is 10.8. The molecule has 0 aliphatic rings. The van der Waals surface area contributed by atoms with E-state index in [-0.39, 0.29) is 34.9 Å². The number of anilines is 2. The van der Waals surface area contributed by atoms with Crippen molar-refractivity contribution in [1.82, 2.24) is 9.97 Å². The summed E-state index contributed by atoms with van der Waals surface area (Å²) >= 11 is 0. The fraction of sp³-hybridized carbons (Fsp3) is 0.600. The second kappa shape index (κ2) is 9.85. The van der Waals surface area contributed by atoms with Crippen molar-refractivity contribution in [3.05, 3.63) is 45.8 Å². The van der Waals surface area contributed by atoms with E-state index in [1.54, 1.807) is 41.5 Å². The third-order valence-electron chi connectivity index (χ3n) is 5.96. The van der Waals surface area contributed by atoms with E-state index >= 15 is 0 Å². The zero-order valence-corrected chi connectivity index (χ0v) is 21.0. The molecule has 0 radical (unpaired) electrons. The topological polar surface area (TPSA) is 77.8 Å². The summed E-state index contributed by atoms with van der Waals surface area (Å²) in [6.07, 6.45) is -10.1. The van der Waals surface area contributed by atoms with E-state index in [0.29, 0.717) is 29.7 Å². The van der Waals surface area contributed by atoms with Crippen molar-refractivity contribution >= 4 is 11.6 Å². The fourth-order valence-electron chi connectivity index (χ4n) is 4.43. The molecule has 0 saturated heterocycles. The van der Waals surface area contributed by atoms with Crippen LogP contribution in [0.1, 0.15) is 81.1 Å². The van der Waals surface area contributed by atoms with Gasteiger partial charge in [-0.2, -0.15) is 26.3 Å². The second-order valence-electron chi connectivity index (χ2n) is 10.8. The molecule has 0 fully saturated rings. The highest BCUT2D eigenvalue weighted by molar-refractivity contribution is 5.45. The molecule has 0 saturated carbocycles. The number of hydrogen-bond acceptors (Lipinski definition) is 4. The maximum Gasteiger partial charge on any atom is 0.393 e. The average molecular weight is 505 g/mol. The summed E-state index contributed by atoms with van der Waals surface area (Å²) in [6, 6.07) is 2.87. The van der Waals surface area contributed by atoms with Gasteiger partial charge < -0.3 is 11.5 Å². The van der Waals surface area contributed by atoms with Crippen LogP contribution in [-0.2, 0) is 30.1 Å². The molecule has 35 heavy (non-hydrogen) atoms. The van der Waals surface area contributed by atoms with Gasteiger partial charge in [-0.15, -0.1) is 0 Å². The van der Waals surface area contributed by atoms with E-state index in [1.165, 1.54) is 12.1 Å². The molecular formula is C25H34F6N4. The minimum absolute atomic E-state index is 0.0811. The van der Waals surface area contributed by atoms with Crippen LogP contribution in [0.25, 0.3) is 0 Å². The van der Waals surface area contributed by atoms with Gasteiger partial charge in [-0.3, -0.25) is 0 Å². The first-order valence-electron chi connectivity index (χ1n) is 11.4. The summed E-state index contributed by atoms with van der Waals surface area (Å²) in [4.78, 5) is 8.45. The predicted octanol–water partition coefficient (Wildman–Crippen LogP) is 6.76. The predicted molar refractivity (Wildman–Crippen MR) is 126 cm³/mol. The third-order valence-corrected chi connectivity index (χ3v) is 5.96. The monoisotopic (exact) mass is 504 g/mol. The lowest BCUT2D eigenvalue weighted by Gasteiger charge is -2.29. The van der Waals surface area contributed by atoms with Crippen molar-refractivity contribution in [3.63, 3.8) is 0 Å². The molecule has 0 amide bonds. The number of aryl methyl sites for hydroxylation is 2. The highest BCUT2D eigenvalue weighted by atomic mass is 19.4.